The molecule has 0 atom stereocenters. The van der Waals surface area contributed by atoms with Gasteiger partial charge in [0, 0.05) is 12.0 Å². The van der Waals surface area contributed by atoms with Gasteiger partial charge in [-0.25, -0.2) is 0 Å². The lowest BCUT2D eigenvalue weighted by Gasteiger charge is -2.31. The molecule has 0 bridgehead atoms. The van der Waals surface area contributed by atoms with E-state index in [1.54, 1.807) is 0 Å². The Hall–Kier alpha value is -1.68. The van der Waals surface area contributed by atoms with E-state index in [4.69, 9.17) is 5.73 Å². The highest BCUT2D eigenvalue weighted by atomic mass is 16.1. The fourth-order valence-electron chi connectivity index (χ4n) is 2.96. The van der Waals surface area contributed by atoms with E-state index in [-0.39, 0.29) is 11.7 Å². The number of hydrogen-bond donors (Lipinski definition) is 1. The van der Waals surface area contributed by atoms with Gasteiger partial charge in [-0.15, -0.1) is 0 Å². The van der Waals surface area contributed by atoms with E-state index in [0.29, 0.717) is 18.9 Å². The summed E-state index contributed by atoms with van der Waals surface area (Å²) in [6.07, 6.45) is 2.37. The Balaban J connectivity index is 1.90. The van der Waals surface area contributed by atoms with Crippen LogP contribution in [0, 0.1) is 19.8 Å². The van der Waals surface area contributed by atoms with E-state index in [1.807, 2.05) is 32.0 Å². The van der Waals surface area contributed by atoms with E-state index >= 15 is 0 Å². The predicted octanol–water partition coefficient (Wildman–Crippen LogP) is 2.07. The first kappa shape index (κ1) is 15.7. The van der Waals surface area contributed by atoms with Crippen LogP contribution in [0.2, 0.25) is 0 Å². The molecule has 1 aromatic carbocycles. The quantitative estimate of drug-likeness (QED) is 0.844. The predicted molar refractivity (Wildman–Crippen MR) is 83.2 cm³/mol. The SMILES string of the molecule is Cc1ccc(C)c(C(=O)CN2CCC(CC(N)=O)CC2)c1. The lowest BCUT2D eigenvalue weighted by Crippen LogP contribution is -2.38. The number of amides is 1. The molecule has 2 N–H and O–H groups in total. The highest BCUT2D eigenvalue weighted by Gasteiger charge is 2.22. The largest absolute Gasteiger partial charge is 0.370 e. The third-order valence-electron chi connectivity index (χ3n) is 4.26. The van der Waals surface area contributed by atoms with Crippen LogP contribution in [0.25, 0.3) is 0 Å². The number of aryl methyl sites for hydroxylation is 2. The highest BCUT2D eigenvalue weighted by molar-refractivity contribution is 5.99. The summed E-state index contributed by atoms with van der Waals surface area (Å²) < 4.78 is 0. The second-order valence-corrected chi connectivity index (χ2v) is 6.13. The van der Waals surface area contributed by atoms with Crippen LogP contribution < -0.4 is 5.73 Å². The van der Waals surface area contributed by atoms with Gasteiger partial charge in [0.25, 0.3) is 0 Å². The average Bonchev–Trinajstić information content (AvgIpc) is 2.43. The molecule has 4 heteroatoms. The zero-order chi connectivity index (χ0) is 15.4. The first-order chi connectivity index (χ1) is 9.95. The number of piperidine rings is 1. The minimum absolute atomic E-state index is 0.185. The van der Waals surface area contributed by atoms with Crippen LogP contribution in [0.15, 0.2) is 18.2 Å². The minimum Gasteiger partial charge on any atom is -0.370 e. The highest BCUT2D eigenvalue weighted by Crippen LogP contribution is 2.21. The number of benzene rings is 1. The van der Waals surface area contributed by atoms with Crippen molar-refractivity contribution in [2.75, 3.05) is 19.6 Å². The molecule has 1 saturated heterocycles. The van der Waals surface area contributed by atoms with Crippen molar-refractivity contribution in [2.24, 2.45) is 11.7 Å². The van der Waals surface area contributed by atoms with Crippen LogP contribution in [0.5, 0.6) is 0 Å². The average molecular weight is 288 g/mol. The van der Waals surface area contributed by atoms with Crippen molar-refractivity contribution in [2.45, 2.75) is 33.1 Å². The Morgan fingerprint density at radius 3 is 2.52 bits per heavy atom. The van der Waals surface area contributed by atoms with E-state index in [1.165, 1.54) is 0 Å². The van der Waals surface area contributed by atoms with Gasteiger partial charge in [-0.2, -0.15) is 0 Å². The lowest BCUT2D eigenvalue weighted by molar-refractivity contribution is -0.119. The van der Waals surface area contributed by atoms with Crippen molar-refractivity contribution < 1.29 is 9.59 Å². The monoisotopic (exact) mass is 288 g/mol. The molecule has 0 radical (unpaired) electrons. The molecule has 1 aliphatic rings. The van der Waals surface area contributed by atoms with E-state index < -0.39 is 0 Å². The van der Waals surface area contributed by atoms with Gasteiger partial charge >= 0.3 is 0 Å². The topological polar surface area (TPSA) is 63.4 Å². The van der Waals surface area contributed by atoms with Crippen LogP contribution in [0.4, 0.5) is 0 Å². The molecule has 4 nitrogen and oxygen atoms in total. The second kappa shape index (κ2) is 6.85. The van der Waals surface area contributed by atoms with Gasteiger partial charge in [0.1, 0.15) is 0 Å². The molecule has 0 spiro atoms. The van der Waals surface area contributed by atoms with Gasteiger partial charge in [0.15, 0.2) is 5.78 Å². The van der Waals surface area contributed by atoms with Crippen LogP contribution in [-0.4, -0.2) is 36.2 Å². The van der Waals surface area contributed by atoms with Crippen molar-refractivity contribution in [3.63, 3.8) is 0 Å². The molecule has 0 aliphatic carbocycles. The number of nitrogens with zero attached hydrogens (tertiary/aromatic N) is 1. The number of Topliss-reactive ketones (excluding diaryl/α,β-unsaturated/α-hetero) is 1. The summed E-state index contributed by atoms with van der Waals surface area (Å²) in [6.45, 7) is 6.19. The van der Waals surface area contributed by atoms with Gasteiger partial charge in [0.05, 0.1) is 6.54 Å². The molecule has 21 heavy (non-hydrogen) atoms. The third-order valence-corrected chi connectivity index (χ3v) is 4.26. The zero-order valence-corrected chi connectivity index (χ0v) is 12.9. The molecule has 1 aromatic rings. The number of carbonyl (C=O) groups is 2. The molecular formula is C17H24N2O2. The van der Waals surface area contributed by atoms with Gasteiger partial charge in [-0.05, 0) is 57.3 Å². The smallest absolute Gasteiger partial charge is 0.217 e. The maximum Gasteiger partial charge on any atom is 0.217 e. The Kier molecular flexibility index (Phi) is 5.12. The summed E-state index contributed by atoms with van der Waals surface area (Å²) >= 11 is 0. The first-order valence-electron chi connectivity index (χ1n) is 7.57. The maximum absolute atomic E-state index is 12.4. The van der Waals surface area contributed by atoms with Crippen LogP contribution >= 0.6 is 0 Å². The van der Waals surface area contributed by atoms with Gasteiger partial charge in [-0.3, -0.25) is 14.5 Å². The van der Waals surface area contributed by atoms with Crippen molar-refractivity contribution in [3.8, 4) is 0 Å². The number of rotatable bonds is 5. The molecule has 0 saturated carbocycles. The summed E-state index contributed by atoms with van der Waals surface area (Å²) in [4.78, 5) is 25.5. The fourth-order valence-corrected chi connectivity index (χ4v) is 2.96. The van der Waals surface area contributed by atoms with E-state index in [0.717, 1.165) is 42.6 Å². The Morgan fingerprint density at radius 1 is 1.24 bits per heavy atom. The maximum atomic E-state index is 12.4. The zero-order valence-electron chi connectivity index (χ0n) is 12.9. The fraction of sp³-hybridized carbons (Fsp3) is 0.529. The summed E-state index contributed by atoms with van der Waals surface area (Å²) in [6, 6.07) is 6.00. The number of likely N-dealkylation sites (tertiary alicyclic amines) is 1. The number of hydrogen-bond acceptors (Lipinski definition) is 3. The molecule has 1 amide bonds. The third kappa shape index (κ3) is 4.39. The number of ketones is 1. The Bertz CT molecular complexity index is 532. The summed E-state index contributed by atoms with van der Waals surface area (Å²) in [5.74, 6) is 0.346. The normalized spacial score (nSPS) is 16.9. The van der Waals surface area contributed by atoms with Crippen molar-refractivity contribution in [1.82, 2.24) is 4.90 Å². The van der Waals surface area contributed by atoms with Crippen molar-refractivity contribution in [3.05, 3.63) is 34.9 Å². The van der Waals surface area contributed by atoms with E-state index in [2.05, 4.69) is 4.90 Å². The molecule has 1 heterocycles. The minimum atomic E-state index is -0.222. The van der Waals surface area contributed by atoms with Crippen LogP contribution in [-0.2, 0) is 4.79 Å². The summed E-state index contributed by atoms with van der Waals surface area (Å²) in [5, 5.41) is 0. The molecule has 1 fully saturated rings. The standard InChI is InChI=1S/C17H24N2O2/c1-12-3-4-13(2)15(9-12)16(20)11-19-7-5-14(6-8-19)10-17(18)21/h3-4,9,14H,5-8,10-11H2,1-2H3,(H2,18,21). The molecule has 1 aliphatic heterocycles. The number of carbonyl (C=O) groups excluding carboxylic acids is 2. The second-order valence-electron chi connectivity index (χ2n) is 6.13. The van der Waals surface area contributed by atoms with Crippen LogP contribution in [0.3, 0.4) is 0 Å². The van der Waals surface area contributed by atoms with Crippen molar-refractivity contribution in [1.29, 1.82) is 0 Å². The number of nitrogens with two attached hydrogens (primary N) is 1. The lowest BCUT2D eigenvalue weighted by atomic mass is 9.93. The Morgan fingerprint density at radius 2 is 1.90 bits per heavy atom. The molecule has 0 aromatic heterocycles. The first-order valence-corrected chi connectivity index (χ1v) is 7.57. The van der Waals surface area contributed by atoms with Crippen LogP contribution in [0.1, 0.15) is 40.7 Å². The van der Waals surface area contributed by atoms with Gasteiger partial charge in [-0.1, -0.05) is 17.7 Å². The summed E-state index contributed by atoms with van der Waals surface area (Å²) in [7, 11) is 0. The van der Waals surface area contributed by atoms with Gasteiger partial charge in [0.2, 0.25) is 5.91 Å². The number of primary amides is 1. The van der Waals surface area contributed by atoms with E-state index in [9.17, 15) is 9.59 Å². The molecular weight excluding hydrogens is 264 g/mol. The van der Waals surface area contributed by atoms with Gasteiger partial charge < -0.3 is 5.73 Å². The Labute approximate surface area is 126 Å². The summed E-state index contributed by atoms with van der Waals surface area (Å²) in [5.41, 5.74) is 8.22. The molecule has 2 rings (SSSR count). The van der Waals surface area contributed by atoms with Crippen molar-refractivity contribution >= 4 is 11.7 Å². The molecule has 0 unspecified atom stereocenters. The molecule has 114 valence electrons.